The molecule has 0 aromatic rings. The molecule has 4 aliphatic carbocycles. The van der Waals surface area contributed by atoms with Gasteiger partial charge in [-0.3, -0.25) is 9.59 Å². The minimum atomic E-state index is -0.327. The lowest BCUT2D eigenvalue weighted by Crippen LogP contribution is -2.56. The molecule has 0 bridgehead atoms. The molecular weight excluding hydrogens is 538 g/mol. The van der Waals surface area contributed by atoms with E-state index in [2.05, 4.69) is 50.3 Å². The third-order valence-corrected chi connectivity index (χ3v) is 14.7. The fourth-order valence-corrected chi connectivity index (χ4v) is 12.3. The predicted octanol–water partition coefficient (Wildman–Crippen LogP) is 5.52. The van der Waals surface area contributed by atoms with Crippen molar-refractivity contribution < 1.29 is 19.1 Å². The van der Waals surface area contributed by atoms with Crippen molar-refractivity contribution >= 4 is 11.8 Å². The van der Waals surface area contributed by atoms with E-state index >= 15 is 0 Å². The van der Waals surface area contributed by atoms with Crippen LogP contribution in [0.2, 0.25) is 0 Å². The Kier molecular flexibility index (Phi) is 7.98. The number of nitrogens with zero attached hydrogens (tertiary/aromatic N) is 1. The Bertz CT molecular complexity index is 1070. The molecule has 242 valence electrons. The summed E-state index contributed by atoms with van der Waals surface area (Å²) in [5, 5.41) is 6.39. The van der Waals surface area contributed by atoms with Crippen LogP contribution in [-0.2, 0) is 19.1 Å². The number of hydrogen-bond acceptors (Lipinski definition) is 5. The number of likely N-dealkylation sites (tertiary alicyclic amines) is 1. The molecule has 3 saturated heterocycles. The number of nitrogens with one attached hydrogen (secondary N) is 2. The first-order chi connectivity index (χ1) is 20.5. The summed E-state index contributed by atoms with van der Waals surface area (Å²) in [4.78, 5) is 27.8. The van der Waals surface area contributed by atoms with Crippen molar-refractivity contribution in [2.45, 2.75) is 135 Å². The minimum Gasteiger partial charge on any atom is -0.353 e. The molecule has 0 radical (unpaired) electrons. The number of amides is 2. The van der Waals surface area contributed by atoms with Crippen molar-refractivity contribution in [1.82, 2.24) is 15.5 Å². The maximum Gasteiger partial charge on any atom is 0.229 e. The summed E-state index contributed by atoms with van der Waals surface area (Å²) in [6, 6.07) is 0.417. The molecule has 7 aliphatic rings. The zero-order chi connectivity index (χ0) is 30.1. The van der Waals surface area contributed by atoms with Gasteiger partial charge in [0, 0.05) is 24.4 Å². The lowest BCUT2D eigenvalue weighted by atomic mass is 9.44. The molecule has 7 heteroatoms. The number of carbonyl (C=O) groups excluding carboxylic acids is 2. The zero-order valence-electron chi connectivity index (χ0n) is 27.7. The van der Waals surface area contributed by atoms with Crippen molar-refractivity contribution in [3.63, 3.8) is 0 Å². The van der Waals surface area contributed by atoms with Crippen LogP contribution in [-0.4, -0.2) is 67.4 Å². The molecule has 4 saturated carbocycles. The number of piperidine rings is 1. The van der Waals surface area contributed by atoms with Crippen molar-refractivity contribution in [2.24, 2.45) is 52.3 Å². The smallest absolute Gasteiger partial charge is 0.229 e. The van der Waals surface area contributed by atoms with Gasteiger partial charge in [-0.15, -0.1) is 0 Å². The Labute approximate surface area is 260 Å². The third-order valence-electron chi connectivity index (χ3n) is 14.7. The lowest BCUT2D eigenvalue weighted by Gasteiger charge is -2.61. The summed E-state index contributed by atoms with van der Waals surface area (Å²) in [6.07, 6.45) is 14.4. The van der Waals surface area contributed by atoms with Crippen LogP contribution in [0.4, 0.5) is 0 Å². The summed E-state index contributed by atoms with van der Waals surface area (Å²) < 4.78 is 13.5. The van der Waals surface area contributed by atoms with Gasteiger partial charge in [0.15, 0.2) is 5.79 Å². The Morgan fingerprint density at radius 1 is 0.814 bits per heavy atom. The highest BCUT2D eigenvalue weighted by Crippen LogP contribution is 2.71. The minimum absolute atomic E-state index is 0.0378. The first-order valence-corrected chi connectivity index (χ1v) is 18.1. The van der Waals surface area contributed by atoms with Gasteiger partial charge in [-0.2, -0.15) is 0 Å². The van der Waals surface area contributed by atoms with E-state index in [1.54, 1.807) is 0 Å². The van der Waals surface area contributed by atoms with Crippen LogP contribution < -0.4 is 10.6 Å². The molecule has 3 aliphatic heterocycles. The van der Waals surface area contributed by atoms with E-state index in [1.807, 2.05) is 0 Å². The summed E-state index contributed by atoms with van der Waals surface area (Å²) in [7, 11) is 2.12. The molecule has 7 fully saturated rings. The number of ether oxygens (including phenoxy) is 2. The van der Waals surface area contributed by atoms with E-state index in [1.165, 1.54) is 44.9 Å². The normalized spacial score (nSPS) is 49.9. The third kappa shape index (κ3) is 5.19. The second-order valence-corrected chi connectivity index (χ2v) is 17.0. The van der Waals surface area contributed by atoms with Crippen molar-refractivity contribution in [3.05, 3.63) is 0 Å². The Morgan fingerprint density at radius 2 is 1.53 bits per heavy atom. The highest BCUT2D eigenvalue weighted by Gasteiger charge is 2.69. The van der Waals surface area contributed by atoms with Gasteiger partial charge in [0.2, 0.25) is 11.8 Å². The van der Waals surface area contributed by atoms with Gasteiger partial charge < -0.3 is 25.0 Å². The second-order valence-electron chi connectivity index (χ2n) is 17.0. The first kappa shape index (κ1) is 30.5. The van der Waals surface area contributed by atoms with Crippen LogP contribution in [0.3, 0.4) is 0 Å². The van der Waals surface area contributed by atoms with Crippen LogP contribution in [0.25, 0.3) is 0 Å². The average Bonchev–Trinajstić information content (AvgIpc) is 3.41. The van der Waals surface area contributed by atoms with E-state index in [-0.39, 0.29) is 36.1 Å². The monoisotopic (exact) mass is 597 g/mol. The number of rotatable bonds is 4. The van der Waals surface area contributed by atoms with E-state index < -0.39 is 0 Å². The fourth-order valence-electron chi connectivity index (χ4n) is 12.3. The summed E-state index contributed by atoms with van der Waals surface area (Å²) in [6.45, 7) is 12.8. The Balaban J connectivity index is 0.948. The molecule has 43 heavy (non-hydrogen) atoms. The number of carbonyl (C=O) groups is 2. The van der Waals surface area contributed by atoms with Crippen molar-refractivity contribution in [2.75, 3.05) is 26.7 Å². The standard InChI is InChI=1S/C36H59N3O4/c1-22-8-15-36(42-21-22)23(2)33-30(43-36)19-29-27-7-6-24-18-26(9-13-34(24,3)28(27)10-14-35(29,33)4)38-32(41)20-31(40)37-25-11-16-39(5)17-12-25/h22-30,33H,6-21H2,1-5H3,(H,37,40)(H,38,41)/t22-,23-,24+,26-,27+,28-,29-,30-,33-,34-,35-,36+/m0/s1. The molecule has 0 aromatic heterocycles. The molecule has 0 aromatic carbocycles. The summed E-state index contributed by atoms with van der Waals surface area (Å²) in [5.74, 6) is 4.24. The molecule has 0 unspecified atom stereocenters. The number of hydrogen-bond donors (Lipinski definition) is 2. The lowest BCUT2D eigenvalue weighted by molar-refractivity contribution is -0.273. The van der Waals surface area contributed by atoms with E-state index in [0.717, 1.165) is 69.6 Å². The van der Waals surface area contributed by atoms with Crippen molar-refractivity contribution in [3.8, 4) is 0 Å². The van der Waals surface area contributed by atoms with E-state index in [9.17, 15) is 9.59 Å². The molecule has 3 heterocycles. The molecule has 7 rings (SSSR count). The highest BCUT2D eigenvalue weighted by molar-refractivity contribution is 5.97. The highest BCUT2D eigenvalue weighted by atomic mass is 16.7. The van der Waals surface area contributed by atoms with Crippen LogP contribution >= 0.6 is 0 Å². The summed E-state index contributed by atoms with van der Waals surface area (Å²) >= 11 is 0. The maximum atomic E-state index is 12.9. The van der Waals surface area contributed by atoms with Gasteiger partial charge in [-0.1, -0.05) is 27.7 Å². The zero-order valence-corrected chi connectivity index (χ0v) is 27.7. The van der Waals surface area contributed by atoms with E-state index in [4.69, 9.17) is 9.47 Å². The van der Waals surface area contributed by atoms with Crippen molar-refractivity contribution in [1.29, 1.82) is 0 Å². The van der Waals surface area contributed by atoms with Gasteiger partial charge in [0.1, 0.15) is 6.42 Å². The van der Waals surface area contributed by atoms with Gasteiger partial charge >= 0.3 is 0 Å². The second kappa shape index (κ2) is 11.3. The maximum absolute atomic E-state index is 12.9. The first-order valence-electron chi connectivity index (χ1n) is 18.1. The topological polar surface area (TPSA) is 79.9 Å². The van der Waals surface area contributed by atoms with E-state index in [0.29, 0.717) is 40.6 Å². The molecule has 12 atom stereocenters. The van der Waals surface area contributed by atoms with Gasteiger partial charge in [-0.25, -0.2) is 0 Å². The number of fused-ring (bicyclic) bond motifs is 7. The average molecular weight is 598 g/mol. The summed E-state index contributed by atoms with van der Waals surface area (Å²) in [5.41, 5.74) is 0.731. The molecule has 2 N–H and O–H groups in total. The largest absolute Gasteiger partial charge is 0.353 e. The Hall–Kier alpha value is -1.18. The van der Waals surface area contributed by atoms with Gasteiger partial charge in [0.25, 0.3) is 0 Å². The molecule has 7 nitrogen and oxygen atoms in total. The van der Waals surface area contributed by atoms with Crippen LogP contribution in [0.5, 0.6) is 0 Å². The fraction of sp³-hybridized carbons (Fsp3) is 0.944. The van der Waals surface area contributed by atoms with Crippen LogP contribution in [0, 0.1) is 52.3 Å². The Morgan fingerprint density at radius 3 is 2.26 bits per heavy atom. The van der Waals surface area contributed by atoms with Gasteiger partial charge in [-0.05, 0) is 137 Å². The quantitative estimate of drug-likeness (QED) is 0.418. The van der Waals surface area contributed by atoms with Gasteiger partial charge in [0.05, 0.1) is 12.7 Å². The molecule has 2 amide bonds. The SMILES string of the molecule is C[C@H]1CC[C@@]2(OC1)O[C@H]1C[C@H]3[C@@H]4CC[C@@H]5C[C@@H](NC(=O)CC(=O)NC6CCN(C)CC6)CC[C@]5(C)[C@H]4CC[C@]3(C)[C@H]1[C@@H]2C. The molecule has 1 spiro atoms. The van der Waals surface area contributed by atoms with Crippen LogP contribution in [0.15, 0.2) is 0 Å². The predicted molar refractivity (Wildman–Crippen MR) is 167 cm³/mol. The van der Waals surface area contributed by atoms with Crippen LogP contribution in [0.1, 0.15) is 111 Å². The molecular formula is C36H59N3O4.